The normalized spacial score (nSPS) is 16.6. The number of anilines is 3. The highest BCUT2D eigenvalue weighted by molar-refractivity contribution is 6.32. The highest BCUT2D eigenvalue weighted by Crippen LogP contribution is 2.38. The lowest BCUT2D eigenvalue weighted by Gasteiger charge is -2.24. The molecule has 230 valence electrons. The molecule has 0 spiro atoms. The summed E-state index contributed by atoms with van der Waals surface area (Å²) in [6.45, 7) is 3.21. The number of halogens is 1. The van der Waals surface area contributed by atoms with Gasteiger partial charge in [0.15, 0.2) is 0 Å². The topological polar surface area (TPSA) is 122 Å². The minimum atomic E-state index is -0.228. The van der Waals surface area contributed by atoms with Gasteiger partial charge in [0.2, 0.25) is 5.91 Å². The summed E-state index contributed by atoms with van der Waals surface area (Å²) in [5, 5.41) is 17.4. The van der Waals surface area contributed by atoms with Gasteiger partial charge in [0.25, 0.3) is 0 Å². The van der Waals surface area contributed by atoms with Gasteiger partial charge < -0.3 is 29.7 Å². The van der Waals surface area contributed by atoms with Gasteiger partial charge in [-0.3, -0.25) is 14.8 Å². The first kappa shape index (κ1) is 30.3. The lowest BCUT2D eigenvalue weighted by atomic mass is 10.0. The molecule has 0 radical (unpaired) electrons. The van der Waals surface area contributed by atoms with E-state index in [2.05, 4.69) is 38.6 Å². The zero-order chi connectivity index (χ0) is 31.2. The molecule has 0 bridgehead atoms. The van der Waals surface area contributed by atoms with E-state index in [0.29, 0.717) is 63.3 Å². The van der Waals surface area contributed by atoms with E-state index in [1.165, 1.54) is 6.20 Å². The molecule has 45 heavy (non-hydrogen) atoms. The van der Waals surface area contributed by atoms with Crippen molar-refractivity contribution in [2.24, 2.45) is 0 Å². The third-order valence-electron chi connectivity index (χ3n) is 7.80. The molecule has 2 aliphatic rings. The van der Waals surface area contributed by atoms with Gasteiger partial charge in [-0.05, 0) is 56.3 Å². The molecular formula is C34H33ClN6O4. The van der Waals surface area contributed by atoms with Crippen molar-refractivity contribution < 1.29 is 19.0 Å². The third kappa shape index (κ3) is 7.52. The number of fused-ring (bicyclic) bond motifs is 1. The van der Waals surface area contributed by atoms with Crippen molar-refractivity contribution in [2.75, 3.05) is 44.0 Å². The van der Waals surface area contributed by atoms with E-state index in [0.717, 1.165) is 43.6 Å². The fraction of sp³-hybridized carbons (Fsp3) is 0.294. The molecule has 2 aliphatic heterocycles. The Morgan fingerprint density at radius 3 is 2.78 bits per heavy atom. The smallest absolute Gasteiger partial charge is 0.248 e. The van der Waals surface area contributed by atoms with Crippen LogP contribution in [0.25, 0.3) is 10.9 Å². The maximum atomic E-state index is 13.2. The second kappa shape index (κ2) is 13.9. The van der Waals surface area contributed by atoms with Crippen molar-refractivity contribution in [1.29, 1.82) is 5.26 Å². The van der Waals surface area contributed by atoms with Crippen LogP contribution in [-0.2, 0) is 16.1 Å². The number of hydrogen-bond acceptors (Lipinski definition) is 9. The van der Waals surface area contributed by atoms with E-state index < -0.39 is 0 Å². The van der Waals surface area contributed by atoms with Crippen molar-refractivity contribution in [3.05, 3.63) is 88.9 Å². The summed E-state index contributed by atoms with van der Waals surface area (Å²) in [7, 11) is 2.08. The number of amides is 1. The average Bonchev–Trinajstić information content (AvgIpc) is 3.56. The van der Waals surface area contributed by atoms with Crippen LogP contribution in [0.4, 0.5) is 17.1 Å². The highest BCUT2D eigenvalue weighted by Gasteiger charge is 2.22. The zero-order valence-corrected chi connectivity index (χ0v) is 25.6. The van der Waals surface area contributed by atoms with Crippen molar-refractivity contribution in [1.82, 2.24) is 14.9 Å². The van der Waals surface area contributed by atoms with Crippen LogP contribution in [0, 0.1) is 11.3 Å². The number of nitrogens with zero attached hydrogens (tertiary/aromatic N) is 4. The monoisotopic (exact) mass is 624 g/mol. The fourth-order valence-corrected chi connectivity index (χ4v) is 5.53. The van der Waals surface area contributed by atoms with Crippen LogP contribution in [0.5, 0.6) is 11.5 Å². The Morgan fingerprint density at radius 2 is 2.04 bits per heavy atom. The Balaban J connectivity index is 1.30. The number of piperidine rings is 1. The SMILES string of the molecule is CN1CCC(=CC(=O)Nc2cc3c(Nc4ccc(OCc5ccccn5)c(Cl)c4)c(C#N)cnc3cc2OC2CCOC2)CC1. The number of aromatic nitrogens is 2. The maximum Gasteiger partial charge on any atom is 0.248 e. The van der Waals surface area contributed by atoms with E-state index in [-0.39, 0.29) is 18.6 Å². The van der Waals surface area contributed by atoms with Gasteiger partial charge in [-0.25, -0.2) is 0 Å². The Hall–Kier alpha value is -4.69. The molecule has 1 unspecified atom stereocenters. The summed E-state index contributed by atoms with van der Waals surface area (Å²) < 4.78 is 17.7. The van der Waals surface area contributed by atoms with Gasteiger partial charge in [0.05, 0.1) is 46.4 Å². The molecule has 2 N–H and O–H groups in total. The number of benzene rings is 2. The van der Waals surface area contributed by atoms with Gasteiger partial charge in [-0.15, -0.1) is 0 Å². The standard InChI is InChI=1S/C34H33ClN6O4/c1-41-11-7-22(8-12-41)14-33(42)40-30-16-27-29(17-32(30)45-26-9-13-43-21-26)38-19-23(18-36)34(27)39-24-5-6-31(28(35)15-24)44-20-25-4-2-3-10-37-25/h2-6,10,14-17,19,26H,7-9,11-13,20-21H2,1H3,(H,38,39)(H,40,42). The zero-order valence-electron chi connectivity index (χ0n) is 24.9. The van der Waals surface area contributed by atoms with Crippen LogP contribution in [0.2, 0.25) is 5.02 Å². The second-order valence-corrected chi connectivity index (χ2v) is 11.5. The van der Waals surface area contributed by atoms with E-state index >= 15 is 0 Å². The molecule has 1 amide bonds. The molecule has 2 aromatic carbocycles. The molecule has 0 aliphatic carbocycles. The first-order chi connectivity index (χ1) is 21.9. The second-order valence-electron chi connectivity index (χ2n) is 11.1. The maximum absolute atomic E-state index is 13.2. The average molecular weight is 625 g/mol. The Labute approximate surface area is 266 Å². The van der Waals surface area contributed by atoms with Crippen LogP contribution in [-0.4, -0.2) is 60.2 Å². The van der Waals surface area contributed by atoms with Gasteiger partial charge in [-0.1, -0.05) is 23.2 Å². The molecule has 4 aromatic rings. The summed E-state index contributed by atoms with van der Waals surface area (Å²) in [6.07, 6.45) is 7.22. The van der Waals surface area contributed by atoms with Crippen molar-refractivity contribution in [3.63, 3.8) is 0 Å². The van der Waals surface area contributed by atoms with Crippen LogP contribution < -0.4 is 20.1 Å². The number of hydrogen-bond donors (Lipinski definition) is 2. The summed E-state index contributed by atoms with van der Waals surface area (Å²) in [5.41, 5.74) is 4.48. The molecular weight excluding hydrogens is 592 g/mol. The summed E-state index contributed by atoms with van der Waals surface area (Å²) >= 11 is 6.58. The third-order valence-corrected chi connectivity index (χ3v) is 8.09. The van der Waals surface area contributed by atoms with Gasteiger partial charge in [0.1, 0.15) is 30.3 Å². The highest BCUT2D eigenvalue weighted by atomic mass is 35.5. The molecule has 4 heterocycles. The Morgan fingerprint density at radius 1 is 1.18 bits per heavy atom. The van der Waals surface area contributed by atoms with Gasteiger partial charge >= 0.3 is 0 Å². The van der Waals surface area contributed by atoms with Crippen LogP contribution in [0.1, 0.15) is 30.5 Å². The van der Waals surface area contributed by atoms with Crippen LogP contribution >= 0.6 is 11.6 Å². The minimum absolute atomic E-state index is 0.137. The molecule has 2 aromatic heterocycles. The summed E-state index contributed by atoms with van der Waals surface area (Å²) in [4.78, 5) is 24.3. The van der Waals surface area contributed by atoms with Crippen molar-refractivity contribution in [2.45, 2.75) is 32.0 Å². The number of ether oxygens (including phenoxy) is 3. The van der Waals surface area contributed by atoms with Gasteiger partial charge in [0, 0.05) is 55.1 Å². The predicted molar refractivity (Wildman–Crippen MR) is 173 cm³/mol. The molecule has 2 saturated heterocycles. The molecule has 10 nitrogen and oxygen atoms in total. The molecule has 6 rings (SSSR count). The van der Waals surface area contributed by atoms with E-state index in [1.807, 2.05) is 24.3 Å². The lowest BCUT2D eigenvalue weighted by Crippen LogP contribution is -2.27. The number of likely N-dealkylation sites (tertiary alicyclic amines) is 1. The largest absolute Gasteiger partial charge is 0.486 e. The summed E-state index contributed by atoms with van der Waals surface area (Å²) in [5.74, 6) is 0.775. The summed E-state index contributed by atoms with van der Waals surface area (Å²) in [6, 6.07) is 16.8. The Bertz CT molecular complexity index is 1760. The number of rotatable bonds is 9. The predicted octanol–water partition coefficient (Wildman–Crippen LogP) is 6.24. The molecule has 0 saturated carbocycles. The van der Waals surface area contributed by atoms with Crippen molar-refractivity contribution >= 4 is 45.5 Å². The fourth-order valence-electron chi connectivity index (χ4n) is 5.30. The lowest BCUT2D eigenvalue weighted by molar-refractivity contribution is -0.112. The van der Waals surface area contributed by atoms with Crippen LogP contribution in [0.15, 0.2) is 72.6 Å². The molecule has 11 heteroatoms. The number of pyridine rings is 2. The van der Waals surface area contributed by atoms with E-state index in [9.17, 15) is 10.1 Å². The number of carbonyl (C=O) groups is 1. The number of carbonyl (C=O) groups excluding carboxylic acids is 1. The first-order valence-corrected chi connectivity index (χ1v) is 15.2. The molecule has 1 atom stereocenters. The van der Waals surface area contributed by atoms with Gasteiger partial charge in [-0.2, -0.15) is 5.26 Å². The van der Waals surface area contributed by atoms with Crippen LogP contribution in [0.3, 0.4) is 0 Å². The number of nitrogens with one attached hydrogen (secondary N) is 2. The van der Waals surface area contributed by atoms with E-state index in [4.69, 9.17) is 25.8 Å². The minimum Gasteiger partial charge on any atom is -0.486 e. The van der Waals surface area contributed by atoms with Crippen molar-refractivity contribution in [3.8, 4) is 17.6 Å². The Kier molecular flexibility index (Phi) is 9.41. The first-order valence-electron chi connectivity index (χ1n) is 14.8. The van der Waals surface area contributed by atoms with E-state index in [1.54, 1.807) is 36.5 Å². The quantitative estimate of drug-likeness (QED) is 0.209. The number of nitriles is 1. The molecule has 2 fully saturated rings.